The molecule has 0 saturated heterocycles. The van der Waals surface area contributed by atoms with E-state index < -0.39 is 17.9 Å². The molecule has 8 heteroatoms. The van der Waals surface area contributed by atoms with Gasteiger partial charge in [0.05, 0.1) is 14.2 Å². The Bertz CT molecular complexity index is 1670. The Morgan fingerprint density at radius 1 is 0.911 bits per heavy atom. The van der Waals surface area contributed by atoms with E-state index in [-0.39, 0.29) is 17.5 Å². The van der Waals surface area contributed by atoms with Crippen molar-refractivity contribution in [2.45, 2.75) is 70.8 Å². The van der Waals surface area contributed by atoms with Crippen LogP contribution in [-0.4, -0.2) is 42.2 Å². The first-order valence-corrected chi connectivity index (χ1v) is 15.5. The number of carboxylic acid groups (broad SMARTS) is 1. The van der Waals surface area contributed by atoms with Crippen molar-refractivity contribution < 1.29 is 28.9 Å². The number of benzene rings is 3. The van der Waals surface area contributed by atoms with Gasteiger partial charge in [0, 0.05) is 17.5 Å². The molecule has 236 valence electrons. The maximum absolute atomic E-state index is 13.5. The third kappa shape index (κ3) is 7.74. The van der Waals surface area contributed by atoms with Gasteiger partial charge in [0.1, 0.15) is 23.2 Å². The number of carboxylic acids is 1. The number of fused-ring (bicyclic) bond motifs is 1. The van der Waals surface area contributed by atoms with Gasteiger partial charge >= 0.3 is 5.97 Å². The number of methoxy groups -OCH3 is 2. The van der Waals surface area contributed by atoms with Gasteiger partial charge in [-0.25, -0.2) is 9.78 Å². The molecule has 0 unspecified atom stereocenters. The minimum atomic E-state index is -1.16. The molecule has 1 saturated carbocycles. The minimum absolute atomic E-state index is 0.0556. The number of hydrogen-bond donors (Lipinski definition) is 2. The number of hydrogen-bond acceptors (Lipinski definition) is 6. The fourth-order valence-electron chi connectivity index (χ4n) is 5.95. The lowest BCUT2D eigenvalue weighted by Crippen LogP contribution is -2.42. The van der Waals surface area contributed by atoms with Crippen LogP contribution in [-0.2, 0) is 23.1 Å². The third-order valence-corrected chi connectivity index (χ3v) is 8.52. The fourth-order valence-corrected chi connectivity index (χ4v) is 5.95. The molecular formula is C37H42N2O6. The zero-order valence-electron chi connectivity index (χ0n) is 26.7. The van der Waals surface area contributed by atoms with E-state index in [1.165, 1.54) is 32.6 Å². The maximum atomic E-state index is 13.5. The first-order chi connectivity index (χ1) is 21.5. The molecule has 3 aromatic carbocycles. The monoisotopic (exact) mass is 610 g/mol. The fraction of sp³-hybridized carbons (Fsp3) is 0.378. The smallest absolute Gasteiger partial charge is 0.326 e. The van der Waals surface area contributed by atoms with Gasteiger partial charge in [-0.3, -0.25) is 4.79 Å². The van der Waals surface area contributed by atoms with Gasteiger partial charge in [0.25, 0.3) is 5.91 Å². The highest BCUT2D eigenvalue weighted by Crippen LogP contribution is 2.34. The van der Waals surface area contributed by atoms with Crippen LogP contribution in [0, 0.1) is 5.92 Å². The summed E-state index contributed by atoms with van der Waals surface area (Å²) in [6.07, 6.45) is 5.46. The van der Waals surface area contributed by atoms with E-state index in [2.05, 4.69) is 38.2 Å². The number of carbonyl (C=O) groups excluding carboxylic acids is 1. The van der Waals surface area contributed by atoms with E-state index in [4.69, 9.17) is 19.2 Å². The lowest BCUT2D eigenvalue weighted by Gasteiger charge is -2.19. The molecule has 1 aromatic heterocycles. The molecule has 4 aromatic rings. The van der Waals surface area contributed by atoms with Crippen LogP contribution in [0.5, 0.6) is 23.0 Å². The van der Waals surface area contributed by atoms with Gasteiger partial charge in [-0.2, -0.15) is 0 Å². The van der Waals surface area contributed by atoms with Crippen molar-refractivity contribution in [3.8, 4) is 23.0 Å². The van der Waals surface area contributed by atoms with E-state index in [1.54, 1.807) is 24.3 Å². The van der Waals surface area contributed by atoms with Gasteiger partial charge in [-0.15, -0.1) is 0 Å². The van der Waals surface area contributed by atoms with E-state index in [9.17, 15) is 14.7 Å². The third-order valence-electron chi connectivity index (χ3n) is 8.52. The summed E-state index contributed by atoms with van der Waals surface area (Å²) >= 11 is 0. The molecule has 0 aliphatic heterocycles. The van der Waals surface area contributed by atoms with Gasteiger partial charge < -0.3 is 24.6 Å². The molecule has 1 fully saturated rings. The van der Waals surface area contributed by atoms with Crippen LogP contribution in [0.3, 0.4) is 0 Å². The number of rotatable bonds is 11. The summed E-state index contributed by atoms with van der Waals surface area (Å²) in [6.45, 7) is 6.54. The van der Waals surface area contributed by atoms with Crippen LogP contribution in [0.2, 0.25) is 0 Å². The van der Waals surface area contributed by atoms with Crippen LogP contribution in [0.1, 0.15) is 73.8 Å². The Kier molecular flexibility index (Phi) is 9.61. The summed E-state index contributed by atoms with van der Waals surface area (Å²) in [5.41, 5.74) is 3.00. The number of carbonyl (C=O) groups is 2. The molecule has 8 nitrogen and oxygen atoms in total. The Hall–Kier alpha value is -4.59. The highest BCUT2D eigenvalue weighted by Gasteiger charge is 2.25. The SMILES string of the molecule is COc1ccc(C[C@H](NC(=O)c2cc3ccc(Oc4ccc(C(C)(C)C)cc4)cc3c(CC3CCCC3)n2)C(=O)O)cc1OC. The molecule has 45 heavy (non-hydrogen) atoms. The van der Waals surface area contributed by atoms with Gasteiger partial charge in [0.15, 0.2) is 11.5 Å². The van der Waals surface area contributed by atoms with Crippen molar-refractivity contribution >= 4 is 22.6 Å². The van der Waals surface area contributed by atoms with E-state index in [1.807, 2.05) is 30.3 Å². The Morgan fingerprint density at radius 2 is 1.60 bits per heavy atom. The predicted octanol–water partition coefficient (Wildman–Crippen LogP) is 7.50. The first kappa shape index (κ1) is 31.8. The normalized spacial score (nSPS) is 14.2. The number of aromatic nitrogens is 1. The molecule has 1 heterocycles. The molecule has 0 radical (unpaired) electrons. The summed E-state index contributed by atoms with van der Waals surface area (Å²) in [4.78, 5) is 30.5. The summed E-state index contributed by atoms with van der Waals surface area (Å²) in [5.74, 6) is 1.30. The van der Waals surface area contributed by atoms with Crippen molar-refractivity contribution in [2.24, 2.45) is 5.92 Å². The second kappa shape index (κ2) is 13.6. The van der Waals surface area contributed by atoms with E-state index in [0.717, 1.165) is 41.5 Å². The average molecular weight is 611 g/mol. The second-order valence-electron chi connectivity index (χ2n) is 12.8. The Balaban J connectivity index is 1.41. The summed E-state index contributed by atoms with van der Waals surface area (Å²) in [6, 6.07) is 19.7. The molecular weight excluding hydrogens is 568 g/mol. The molecule has 0 spiro atoms. The standard InChI is InChI=1S/C37H42N2O6/c1-37(2,3)26-12-15-27(16-13-26)45-28-14-11-25-21-31(38-30(29(25)22-28)18-23-8-6-7-9-23)35(40)39-32(36(41)42)19-24-10-17-33(43-4)34(20-24)44-5/h10-17,20-23,32H,6-9,18-19H2,1-5H3,(H,39,40)(H,41,42)/t32-/m0/s1. The average Bonchev–Trinajstić information content (AvgIpc) is 3.53. The number of aliphatic carboxylic acids is 1. The minimum Gasteiger partial charge on any atom is -0.493 e. The number of pyridine rings is 1. The van der Waals surface area contributed by atoms with Gasteiger partial charge in [-0.1, -0.05) is 70.7 Å². The van der Waals surface area contributed by atoms with Crippen LogP contribution in [0.25, 0.3) is 10.8 Å². The highest BCUT2D eigenvalue weighted by atomic mass is 16.5. The quantitative estimate of drug-likeness (QED) is 0.181. The van der Waals surface area contributed by atoms with Crippen molar-refractivity contribution in [3.05, 3.63) is 89.2 Å². The van der Waals surface area contributed by atoms with Crippen LogP contribution in [0.15, 0.2) is 66.7 Å². The molecule has 5 rings (SSSR count). The molecule has 0 bridgehead atoms. The van der Waals surface area contributed by atoms with Gasteiger partial charge in [-0.05, 0) is 76.7 Å². The largest absolute Gasteiger partial charge is 0.493 e. The highest BCUT2D eigenvalue weighted by molar-refractivity contribution is 5.99. The van der Waals surface area contributed by atoms with Crippen LogP contribution < -0.4 is 19.5 Å². The van der Waals surface area contributed by atoms with Crippen LogP contribution >= 0.6 is 0 Å². The molecule has 1 amide bonds. The molecule has 1 aliphatic rings. The summed E-state index contributed by atoms with van der Waals surface area (Å²) in [5, 5.41) is 14.5. The zero-order valence-corrected chi connectivity index (χ0v) is 26.7. The summed E-state index contributed by atoms with van der Waals surface area (Å²) in [7, 11) is 3.06. The van der Waals surface area contributed by atoms with Gasteiger partial charge in [0.2, 0.25) is 0 Å². The zero-order chi connectivity index (χ0) is 32.1. The molecule has 2 N–H and O–H groups in total. The number of nitrogens with one attached hydrogen (secondary N) is 1. The van der Waals surface area contributed by atoms with Crippen molar-refractivity contribution in [3.63, 3.8) is 0 Å². The maximum Gasteiger partial charge on any atom is 0.326 e. The van der Waals surface area contributed by atoms with Crippen molar-refractivity contribution in [1.82, 2.24) is 10.3 Å². The number of nitrogens with zero attached hydrogens (tertiary/aromatic N) is 1. The second-order valence-corrected chi connectivity index (χ2v) is 12.8. The molecule has 1 aliphatic carbocycles. The van der Waals surface area contributed by atoms with E-state index in [0.29, 0.717) is 28.7 Å². The molecule has 1 atom stereocenters. The topological polar surface area (TPSA) is 107 Å². The lowest BCUT2D eigenvalue weighted by molar-refractivity contribution is -0.139. The van der Waals surface area contributed by atoms with Crippen LogP contribution in [0.4, 0.5) is 0 Å². The van der Waals surface area contributed by atoms with Crippen molar-refractivity contribution in [2.75, 3.05) is 14.2 Å². The summed E-state index contributed by atoms with van der Waals surface area (Å²) < 4.78 is 16.9. The number of ether oxygens (including phenoxy) is 3. The predicted molar refractivity (Wildman–Crippen MR) is 175 cm³/mol. The van der Waals surface area contributed by atoms with E-state index >= 15 is 0 Å². The Morgan fingerprint density at radius 3 is 2.24 bits per heavy atom. The lowest BCUT2D eigenvalue weighted by atomic mass is 9.87. The first-order valence-electron chi connectivity index (χ1n) is 15.5. The Labute approximate surface area is 264 Å². The van der Waals surface area contributed by atoms with Crippen molar-refractivity contribution in [1.29, 1.82) is 0 Å². The number of amides is 1.